The van der Waals surface area contributed by atoms with E-state index in [1.807, 2.05) is 37.3 Å². The number of nitrogens with zero attached hydrogens (tertiary/aromatic N) is 4. The third-order valence-corrected chi connectivity index (χ3v) is 6.15. The zero-order valence-electron chi connectivity index (χ0n) is 16.6. The number of aryl methyl sites for hydroxylation is 2. The van der Waals surface area contributed by atoms with Gasteiger partial charge in [0.05, 0.1) is 11.1 Å². The quantitative estimate of drug-likeness (QED) is 0.662. The first-order valence-electron chi connectivity index (χ1n) is 9.57. The lowest BCUT2D eigenvalue weighted by atomic mass is 10.1. The standard InChI is InChI=1S/C22H22N4O2S/c1-4-16-13-29-22(23-15-9-7-8-14(2)12-15)26(16)21(28)19-17-10-5-6-11-18(17)20(27)25(3)24-19/h5-12,16H,4,13H2,1-3H3/t16-/m0/s1. The maximum Gasteiger partial charge on any atom is 0.281 e. The Bertz CT molecular complexity index is 1180. The van der Waals surface area contributed by atoms with Gasteiger partial charge in [-0.3, -0.25) is 14.5 Å². The molecular formula is C22H22N4O2S. The molecule has 6 nitrogen and oxygen atoms in total. The molecule has 148 valence electrons. The number of aromatic nitrogens is 2. The van der Waals surface area contributed by atoms with E-state index in [1.54, 1.807) is 41.9 Å². The molecule has 0 unspecified atom stereocenters. The Morgan fingerprint density at radius 3 is 2.69 bits per heavy atom. The molecular weight excluding hydrogens is 384 g/mol. The monoisotopic (exact) mass is 406 g/mol. The largest absolute Gasteiger partial charge is 0.282 e. The third kappa shape index (κ3) is 3.58. The summed E-state index contributed by atoms with van der Waals surface area (Å²) in [7, 11) is 1.57. The highest BCUT2D eigenvalue weighted by Gasteiger charge is 2.36. The zero-order valence-corrected chi connectivity index (χ0v) is 17.4. The van der Waals surface area contributed by atoms with E-state index in [1.165, 1.54) is 4.68 Å². The van der Waals surface area contributed by atoms with Crippen molar-refractivity contribution in [1.29, 1.82) is 0 Å². The predicted molar refractivity (Wildman–Crippen MR) is 118 cm³/mol. The van der Waals surface area contributed by atoms with E-state index in [0.717, 1.165) is 23.4 Å². The van der Waals surface area contributed by atoms with Gasteiger partial charge in [0.1, 0.15) is 0 Å². The Kier molecular flexibility index (Phi) is 5.24. The summed E-state index contributed by atoms with van der Waals surface area (Å²) in [4.78, 5) is 32.5. The highest BCUT2D eigenvalue weighted by molar-refractivity contribution is 8.14. The second kappa shape index (κ2) is 7.83. The molecule has 0 aliphatic carbocycles. The van der Waals surface area contributed by atoms with Crippen LogP contribution in [-0.4, -0.2) is 37.5 Å². The molecule has 2 heterocycles. The number of carbonyl (C=O) groups excluding carboxylic acids is 1. The molecule has 3 aromatic rings. The fourth-order valence-corrected chi connectivity index (χ4v) is 4.76. The van der Waals surface area contributed by atoms with Gasteiger partial charge in [-0.1, -0.05) is 49.0 Å². The van der Waals surface area contributed by atoms with Crippen LogP contribution in [0.2, 0.25) is 0 Å². The van der Waals surface area contributed by atoms with Gasteiger partial charge in [-0.25, -0.2) is 9.67 Å². The summed E-state index contributed by atoms with van der Waals surface area (Å²) >= 11 is 1.58. The van der Waals surface area contributed by atoms with E-state index in [2.05, 4.69) is 12.0 Å². The van der Waals surface area contributed by atoms with Gasteiger partial charge in [0.2, 0.25) is 0 Å². The highest BCUT2D eigenvalue weighted by atomic mass is 32.2. The van der Waals surface area contributed by atoms with Gasteiger partial charge < -0.3 is 0 Å². The molecule has 7 heteroatoms. The molecule has 1 aliphatic rings. The summed E-state index contributed by atoms with van der Waals surface area (Å²) in [6.07, 6.45) is 0.815. The average molecular weight is 407 g/mol. The van der Waals surface area contributed by atoms with Crippen LogP contribution in [0.25, 0.3) is 10.8 Å². The number of carbonyl (C=O) groups is 1. The van der Waals surface area contributed by atoms with Crippen molar-refractivity contribution in [3.63, 3.8) is 0 Å². The van der Waals surface area contributed by atoms with Crippen LogP contribution >= 0.6 is 11.8 Å². The van der Waals surface area contributed by atoms with Gasteiger partial charge in [0.15, 0.2) is 10.9 Å². The Morgan fingerprint density at radius 1 is 1.21 bits per heavy atom. The van der Waals surface area contributed by atoms with Crippen molar-refractivity contribution in [3.05, 3.63) is 70.1 Å². The van der Waals surface area contributed by atoms with Crippen LogP contribution < -0.4 is 5.56 Å². The molecule has 0 radical (unpaired) electrons. The van der Waals surface area contributed by atoms with Crippen molar-refractivity contribution in [1.82, 2.24) is 14.7 Å². The van der Waals surface area contributed by atoms with E-state index in [9.17, 15) is 9.59 Å². The van der Waals surface area contributed by atoms with Gasteiger partial charge in [0, 0.05) is 24.2 Å². The summed E-state index contributed by atoms with van der Waals surface area (Å²) in [6, 6.07) is 15.1. The summed E-state index contributed by atoms with van der Waals surface area (Å²) in [5.74, 6) is 0.566. The topological polar surface area (TPSA) is 67.6 Å². The summed E-state index contributed by atoms with van der Waals surface area (Å²) in [6.45, 7) is 4.08. The number of amidine groups is 1. The molecule has 4 rings (SSSR count). The first kappa shape index (κ1) is 19.4. The second-order valence-electron chi connectivity index (χ2n) is 7.10. The number of amides is 1. The molecule has 29 heavy (non-hydrogen) atoms. The fourth-order valence-electron chi connectivity index (χ4n) is 3.49. The van der Waals surface area contributed by atoms with Gasteiger partial charge >= 0.3 is 0 Å². The Labute approximate surface area is 173 Å². The van der Waals surface area contributed by atoms with Gasteiger partial charge in [-0.2, -0.15) is 5.10 Å². The van der Waals surface area contributed by atoms with Crippen molar-refractivity contribution in [3.8, 4) is 0 Å². The maximum absolute atomic E-state index is 13.6. The second-order valence-corrected chi connectivity index (χ2v) is 8.09. The molecule has 2 aromatic carbocycles. The Hall–Kier alpha value is -2.93. The lowest BCUT2D eigenvalue weighted by Gasteiger charge is -2.23. The smallest absolute Gasteiger partial charge is 0.281 e. The summed E-state index contributed by atoms with van der Waals surface area (Å²) in [5, 5.41) is 6.05. The number of aliphatic imine (C=N–C) groups is 1. The number of fused-ring (bicyclic) bond motifs is 1. The van der Waals surface area contributed by atoms with Crippen LogP contribution in [0.3, 0.4) is 0 Å². The normalized spacial score (nSPS) is 18.0. The minimum atomic E-state index is -0.222. The molecule has 1 amide bonds. The predicted octanol–water partition coefficient (Wildman–Crippen LogP) is 3.90. The number of thioether (sulfide) groups is 1. The van der Waals surface area contributed by atoms with Crippen LogP contribution in [-0.2, 0) is 7.05 Å². The number of hydrogen-bond acceptors (Lipinski definition) is 5. The lowest BCUT2D eigenvalue weighted by molar-refractivity contribution is 0.0813. The molecule has 0 bridgehead atoms. The number of rotatable bonds is 3. The number of benzene rings is 2. The summed E-state index contributed by atoms with van der Waals surface area (Å²) < 4.78 is 1.23. The average Bonchev–Trinajstić information content (AvgIpc) is 3.12. The molecule has 0 spiro atoms. The van der Waals surface area contributed by atoms with Gasteiger partial charge in [-0.15, -0.1) is 0 Å². The van der Waals surface area contributed by atoms with Gasteiger partial charge in [-0.05, 0) is 37.1 Å². The van der Waals surface area contributed by atoms with Crippen molar-refractivity contribution in [2.45, 2.75) is 26.3 Å². The van der Waals surface area contributed by atoms with Crippen molar-refractivity contribution in [2.75, 3.05) is 5.75 Å². The molecule has 1 atom stereocenters. The van der Waals surface area contributed by atoms with Crippen LogP contribution in [0.4, 0.5) is 5.69 Å². The van der Waals surface area contributed by atoms with Crippen molar-refractivity contribution < 1.29 is 4.79 Å². The minimum absolute atomic E-state index is 0.0360. The molecule has 1 saturated heterocycles. The van der Waals surface area contributed by atoms with Crippen molar-refractivity contribution >= 4 is 39.3 Å². The van der Waals surface area contributed by atoms with E-state index in [-0.39, 0.29) is 23.2 Å². The minimum Gasteiger partial charge on any atom is -0.282 e. The molecule has 1 fully saturated rings. The zero-order chi connectivity index (χ0) is 20.5. The SMILES string of the molecule is CC[C@H]1CSC(=Nc2cccc(C)c2)N1C(=O)c1nn(C)c(=O)c2ccccc12. The van der Waals surface area contributed by atoms with Crippen LogP contribution in [0.15, 0.2) is 58.3 Å². The van der Waals surface area contributed by atoms with Crippen molar-refractivity contribution in [2.24, 2.45) is 12.0 Å². The van der Waals surface area contributed by atoms with E-state index < -0.39 is 0 Å². The highest BCUT2D eigenvalue weighted by Crippen LogP contribution is 2.31. The molecule has 1 aliphatic heterocycles. The van der Waals surface area contributed by atoms with Crippen LogP contribution in [0, 0.1) is 6.92 Å². The van der Waals surface area contributed by atoms with Gasteiger partial charge in [0.25, 0.3) is 11.5 Å². The Morgan fingerprint density at radius 2 is 1.97 bits per heavy atom. The lowest BCUT2D eigenvalue weighted by Crippen LogP contribution is -2.40. The van der Waals surface area contributed by atoms with Crippen LogP contribution in [0.5, 0.6) is 0 Å². The Balaban J connectivity index is 1.83. The van der Waals surface area contributed by atoms with E-state index in [0.29, 0.717) is 15.9 Å². The number of hydrogen-bond donors (Lipinski definition) is 0. The molecule has 0 N–H and O–H groups in total. The summed E-state index contributed by atoms with van der Waals surface area (Å²) in [5.41, 5.74) is 2.00. The molecule has 1 aromatic heterocycles. The first-order valence-corrected chi connectivity index (χ1v) is 10.6. The fraction of sp³-hybridized carbons (Fsp3) is 0.273. The van der Waals surface area contributed by atoms with E-state index >= 15 is 0 Å². The maximum atomic E-state index is 13.6. The van der Waals surface area contributed by atoms with E-state index in [4.69, 9.17) is 4.99 Å². The van der Waals surface area contributed by atoms with Crippen LogP contribution in [0.1, 0.15) is 29.4 Å². The molecule has 0 saturated carbocycles. The third-order valence-electron chi connectivity index (χ3n) is 5.05. The first-order chi connectivity index (χ1) is 14.0.